The first kappa shape index (κ1) is 13.4. The average Bonchev–Trinajstić information content (AvgIpc) is 2.48. The summed E-state index contributed by atoms with van der Waals surface area (Å²) in [7, 11) is 0. The Morgan fingerprint density at radius 2 is 1.95 bits per heavy atom. The number of aliphatic imine (C=N–C) groups is 1. The molecule has 4 heteroatoms. The molecule has 0 aliphatic carbocycles. The van der Waals surface area contributed by atoms with Gasteiger partial charge >= 0.3 is 0 Å². The van der Waals surface area contributed by atoms with Crippen LogP contribution in [0.15, 0.2) is 48.1 Å². The van der Waals surface area contributed by atoms with Crippen molar-refractivity contribution in [3.8, 4) is 0 Å². The number of nitrogens with one attached hydrogen (secondary N) is 1. The number of hydrogen-bond donors (Lipinski definition) is 2. The maximum atomic E-state index is 5.24. The number of anilines is 1. The summed E-state index contributed by atoms with van der Waals surface area (Å²) in [6.45, 7) is 8.14. The van der Waals surface area contributed by atoms with E-state index in [-0.39, 0.29) is 0 Å². The smallest absolute Gasteiger partial charge is 0.0630 e. The van der Waals surface area contributed by atoms with Gasteiger partial charge in [-0.25, -0.2) is 0 Å². The maximum Gasteiger partial charge on any atom is 0.0630 e. The number of hydrogen-bond acceptors (Lipinski definition) is 4. The van der Waals surface area contributed by atoms with Crippen LogP contribution >= 0.6 is 0 Å². The highest BCUT2D eigenvalue weighted by Gasteiger charge is 2.09. The molecule has 1 saturated heterocycles. The number of nitrogens with two attached hydrogens (primary N) is 1. The highest BCUT2D eigenvalue weighted by molar-refractivity contribution is 5.79. The van der Waals surface area contributed by atoms with E-state index in [0.29, 0.717) is 0 Å². The van der Waals surface area contributed by atoms with E-state index in [1.54, 1.807) is 12.3 Å². The molecule has 1 aromatic rings. The molecule has 1 fully saturated rings. The summed E-state index contributed by atoms with van der Waals surface area (Å²) in [5.74, 6) is 0. The zero-order valence-electron chi connectivity index (χ0n) is 11.0. The van der Waals surface area contributed by atoms with Crippen molar-refractivity contribution in [2.24, 2.45) is 10.7 Å². The topological polar surface area (TPSA) is 53.6 Å². The van der Waals surface area contributed by atoms with Gasteiger partial charge in [0.2, 0.25) is 0 Å². The monoisotopic (exact) mass is 256 g/mol. The Labute approximate surface area is 114 Å². The highest BCUT2D eigenvalue weighted by Crippen LogP contribution is 2.20. The third-order valence-electron chi connectivity index (χ3n) is 3.11. The van der Waals surface area contributed by atoms with Crippen LogP contribution in [0.25, 0.3) is 5.70 Å². The molecular weight excluding hydrogens is 236 g/mol. The van der Waals surface area contributed by atoms with Gasteiger partial charge in [-0.05, 0) is 30.0 Å². The second kappa shape index (κ2) is 6.75. The van der Waals surface area contributed by atoms with Gasteiger partial charge in [-0.2, -0.15) is 0 Å². The Balaban J connectivity index is 2.03. The van der Waals surface area contributed by atoms with Crippen LogP contribution in [-0.4, -0.2) is 32.4 Å². The van der Waals surface area contributed by atoms with Crippen LogP contribution in [0.1, 0.15) is 5.56 Å². The molecule has 4 nitrogen and oxygen atoms in total. The quantitative estimate of drug-likeness (QED) is 0.805. The molecule has 0 radical (unpaired) electrons. The van der Waals surface area contributed by atoms with E-state index in [1.165, 1.54) is 11.9 Å². The first-order valence-corrected chi connectivity index (χ1v) is 6.47. The fraction of sp³-hybridized carbons (Fsp3) is 0.267. The molecule has 0 aromatic heterocycles. The van der Waals surface area contributed by atoms with Crippen molar-refractivity contribution in [1.29, 1.82) is 0 Å². The summed E-state index contributed by atoms with van der Waals surface area (Å²) in [4.78, 5) is 6.59. The third-order valence-corrected chi connectivity index (χ3v) is 3.11. The summed E-state index contributed by atoms with van der Waals surface area (Å²) in [6.07, 6.45) is 4.77. The lowest BCUT2D eigenvalue weighted by Gasteiger charge is -2.29. The van der Waals surface area contributed by atoms with Crippen LogP contribution < -0.4 is 16.0 Å². The van der Waals surface area contributed by atoms with Crippen molar-refractivity contribution in [3.63, 3.8) is 0 Å². The zero-order valence-corrected chi connectivity index (χ0v) is 11.0. The second-order valence-electron chi connectivity index (χ2n) is 4.39. The molecule has 100 valence electrons. The molecular formula is C15H20N4. The molecule has 0 amide bonds. The molecule has 19 heavy (non-hydrogen) atoms. The maximum absolute atomic E-state index is 5.24. The van der Waals surface area contributed by atoms with E-state index in [1.807, 2.05) is 0 Å². The van der Waals surface area contributed by atoms with E-state index in [0.717, 1.165) is 37.4 Å². The number of rotatable bonds is 4. The normalized spacial score (nSPS) is 16.3. The minimum absolute atomic E-state index is 0.741. The highest BCUT2D eigenvalue weighted by atomic mass is 15.2. The van der Waals surface area contributed by atoms with E-state index in [4.69, 9.17) is 5.73 Å². The average molecular weight is 256 g/mol. The van der Waals surface area contributed by atoms with Crippen LogP contribution in [0.2, 0.25) is 0 Å². The first-order valence-electron chi connectivity index (χ1n) is 6.47. The van der Waals surface area contributed by atoms with E-state index >= 15 is 0 Å². The number of piperazine rings is 1. The fourth-order valence-electron chi connectivity index (χ4n) is 2.04. The molecule has 0 saturated carbocycles. The Bertz CT molecular complexity index is 467. The van der Waals surface area contributed by atoms with Crippen LogP contribution in [0.5, 0.6) is 0 Å². The van der Waals surface area contributed by atoms with Gasteiger partial charge in [0.05, 0.1) is 5.70 Å². The van der Waals surface area contributed by atoms with E-state index < -0.39 is 0 Å². The van der Waals surface area contributed by atoms with Gasteiger partial charge in [-0.3, -0.25) is 4.99 Å². The van der Waals surface area contributed by atoms with Gasteiger partial charge < -0.3 is 16.0 Å². The molecule has 0 bridgehead atoms. The molecule has 1 aliphatic heterocycles. The summed E-state index contributed by atoms with van der Waals surface area (Å²) < 4.78 is 0. The Morgan fingerprint density at radius 3 is 2.58 bits per heavy atom. The summed E-state index contributed by atoms with van der Waals surface area (Å²) in [5.41, 5.74) is 8.27. The minimum atomic E-state index is 0.741. The van der Waals surface area contributed by atoms with E-state index in [9.17, 15) is 0 Å². The molecule has 3 N–H and O–H groups in total. The lowest BCUT2D eigenvalue weighted by atomic mass is 10.1. The lowest BCUT2D eigenvalue weighted by Crippen LogP contribution is -2.43. The molecule has 0 unspecified atom stereocenters. The number of benzene rings is 1. The third kappa shape index (κ3) is 3.69. The van der Waals surface area contributed by atoms with E-state index in [2.05, 4.69) is 46.1 Å². The lowest BCUT2D eigenvalue weighted by molar-refractivity contribution is 0.589. The van der Waals surface area contributed by atoms with Crippen molar-refractivity contribution in [2.45, 2.75) is 0 Å². The predicted octanol–water partition coefficient (Wildman–Crippen LogP) is 1.61. The predicted molar refractivity (Wildman–Crippen MR) is 82.4 cm³/mol. The van der Waals surface area contributed by atoms with Gasteiger partial charge in [0.25, 0.3) is 0 Å². The Hall–Kier alpha value is -2.07. The Kier molecular flexibility index (Phi) is 4.75. The number of allylic oxidation sites excluding steroid dienone is 1. The van der Waals surface area contributed by atoms with Crippen LogP contribution in [0, 0.1) is 0 Å². The number of nitrogens with zero attached hydrogens (tertiary/aromatic N) is 2. The van der Waals surface area contributed by atoms with Crippen molar-refractivity contribution in [2.75, 3.05) is 31.1 Å². The molecule has 1 aromatic carbocycles. The summed E-state index contributed by atoms with van der Waals surface area (Å²) >= 11 is 0. The van der Waals surface area contributed by atoms with Gasteiger partial charge in [0.15, 0.2) is 0 Å². The van der Waals surface area contributed by atoms with Crippen LogP contribution in [0.4, 0.5) is 5.69 Å². The van der Waals surface area contributed by atoms with Crippen molar-refractivity contribution in [1.82, 2.24) is 5.32 Å². The SMILES string of the molecule is C=C(/N=C\C=C/N)c1ccc(N2CCNCC2)cc1. The van der Waals surface area contributed by atoms with Crippen LogP contribution in [-0.2, 0) is 0 Å². The fourth-order valence-corrected chi connectivity index (χ4v) is 2.04. The molecule has 0 atom stereocenters. The zero-order chi connectivity index (χ0) is 13.5. The van der Waals surface area contributed by atoms with Crippen LogP contribution in [0.3, 0.4) is 0 Å². The van der Waals surface area contributed by atoms with Gasteiger partial charge in [0, 0.05) is 38.1 Å². The summed E-state index contributed by atoms with van der Waals surface area (Å²) in [5, 5.41) is 3.35. The van der Waals surface area contributed by atoms with Crippen molar-refractivity contribution >= 4 is 17.6 Å². The first-order chi connectivity index (χ1) is 9.31. The van der Waals surface area contributed by atoms with Crippen molar-refractivity contribution < 1.29 is 0 Å². The van der Waals surface area contributed by atoms with Crippen molar-refractivity contribution in [3.05, 3.63) is 48.7 Å². The largest absolute Gasteiger partial charge is 0.405 e. The molecule has 2 rings (SSSR count). The summed E-state index contributed by atoms with van der Waals surface area (Å²) in [6, 6.07) is 8.37. The Morgan fingerprint density at radius 1 is 1.26 bits per heavy atom. The second-order valence-corrected chi connectivity index (χ2v) is 4.39. The minimum Gasteiger partial charge on any atom is -0.405 e. The van der Waals surface area contributed by atoms with Gasteiger partial charge in [0.1, 0.15) is 0 Å². The van der Waals surface area contributed by atoms with Gasteiger partial charge in [-0.15, -0.1) is 0 Å². The van der Waals surface area contributed by atoms with Gasteiger partial charge in [-0.1, -0.05) is 18.7 Å². The molecule has 1 aliphatic rings. The standard InChI is InChI=1S/C15H20N4/c1-13(18-8-2-7-16)14-3-5-15(6-4-14)19-11-9-17-10-12-19/h2-8,17H,1,9-12,16H2/b7-2-,18-8-. The molecule has 0 spiro atoms. The molecule has 1 heterocycles.